The van der Waals surface area contributed by atoms with Crippen molar-refractivity contribution >= 4 is 0 Å². The Morgan fingerprint density at radius 2 is 1.84 bits per heavy atom. The van der Waals surface area contributed by atoms with E-state index in [1.54, 1.807) is 18.2 Å². The molecule has 0 bridgehead atoms. The Hall–Kier alpha value is -3.89. The van der Waals surface area contributed by atoms with E-state index in [-0.39, 0.29) is 5.41 Å². The first kappa shape index (κ1) is 29.2. The van der Waals surface area contributed by atoms with E-state index >= 15 is 0 Å². The standard InChI is InChI=1S/C39H45N3O/c1-4-30(24-39(2)22-20-34(43-3)21-23-39)35-12-8-14-37-36(35)13-9-15-38(37)41-26-33-25-40-28-42(33)27-29-16-18-32(19-17-29)31-10-6-5-7-11-31/h5-8,10-12,14,16-22,25,28,30,38,41H,4,9,13,15,23-24,26-27H2,1-3H3. The van der Waals surface area contributed by atoms with Gasteiger partial charge in [0.15, 0.2) is 0 Å². The smallest absolute Gasteiger partial charge is 0.114 e. The number of nitrogens with one attached hydrogen (secondary N) is 1. The molecule has 0 spiro atoms. The number of allylic oxidation sites excluding steroid dienone is 3. The monoisotopic (exact) mass is 571 g/mol. The number of benzene rings is 3. The lowest BCUT2D eigenvalue weighted by Gasteiger charge is -2.35. The SMILES string of the molecule is CCC(CC1(C)C=CC(OC)=CC1)c1cccc2c1CCCC2NCc1cncn1Cc1ccc(-c2ccccc2)cc1. The second-order valence-corrected chi connectivity index (χ2v) is 12.6. The second kappa shape index (κ2) is 13.2. The number of aromatic nitrogens is 2. The number of hydrogen-bond donors (Lipinski definition) is 1. The fourth-order valence-corrected chi connectivity index (χ4v) is 7.06. The molecule has 43 heavy (non-hydrogen) atoms. The Morgan fingerprint density at radius 3 is 2.58 bits per heavy atom. The van der Waals surface area contributed by atoms with Crippen LogP contribution in [0.15, 0.2) is 109 Å². The maximum absolute atomic E-state index is 5.45. The second-order valence-electron chi connectivity index (χ2n) is 12.6. The molecule has 0 aliphatic heterocycles. The molecule has 2 aliphatic rings. The molecule has 0 saturated carbocycles. The predicted octanol–water partition coefficient (Wildman–Crippen LogP) is 9.15. The topological polar surface area (TPSA) is 39.1 Å². The van der Waals surface area contributed by atoms with Gasteiger partial charge in [0.25, 0.3) is 0 Å². The summed E-state index contributed by atoms with van der Waals surface area (Å²) in [5.74, 6) is 1.54. The molecule has 0 saturated heterocycles. The molecule has 1 aromatic heterocycles. The third-order valence-corrected chi connectivity index (χ3v) is 9.59. The molecule has 6 rings (SSSR count). The van der Waals surface area contributed by atoms with Gasteiger partial charge in [-0.1, -0.05) is 92.7 Å². The number of fused-ring (bicyclic) bond motifs is 1. The van der Waals surface area contributed by atoms with Gasteiger partial charge in [-0.15, -0.1) is 0 Å². The van der Waals surface area contributed by atoms with E-state index in [1.807, 2.05) is 12.5 Å². The van der Waals surface area contributed by atoms with E-state index in [9.17, 15) is 0 Å². The summed E-state index contributed by atoms with van der Waals surface area (Å²) in [5, 5.41) is 3.93. The van der Waals surface area contributed by atoms with E-state index in [0.29, 0.717) is 12.0 Å². The van der Waals surface area contributed by atoms with Crippen LogP contribution in [-0.2, 0) is 24.2 Å². The van der Waals surface area contributed by atoms with Crippen molar-refractivity contribution in [2.24, 2.45) is 5.41 Å². The molecule has 2 aliphatic carbocycles. The summed E-state index contributed by atoms with van der Waals surface area (Å²) in [6.07, 6.45) is 17.7. The van der Waals surface area contributed by atoms with Crippen LogP contribution in [0.1, 0.15) is 85.9 Å². The molecule has 0 radical (unpaired) electrons. The normalized spacial score (nSPS) is 20.3. The average Bonchev–Trinajstić information content (AvgIpc) is 3.50. The molecule has 4 aromatic rings. The number of rotatable bonds is 11. The van der Waals surface area contributed by atoms with Gasteiger partial charge in [-0.2, -0.15) is 0 Å². The Morgan fingerprint density at radius 1 is 1.02 bits per heavy atom. The van der Waals surface area contributed by atoms with Gasteiger partial charge in [-0.3, -0.25) is 0 Å². The summed E-state index contributed by atoms with van der Waals surface area (Å²) in [6, 6.07) is 26.9. The Bertz CT molecular complexity index is 1570. The molecule has 1 N–H and O–H groups in total. The summed E-state index contributed by atoms with van der Waals surface area (Å²) in [7, 11) is 1.76. The van der Waals surface area contributed by atoms with E-state index < -0.39 is 0 Å². The number of methoxy groups -OCH3 is 1. The van der Waals surface area contributed by atoms with Crippen molar-refractivity contribution in [3.63, 3.8) is 0 Å². The Kier molecular flexibility index (Phi) is 8.95. The zero-order chi connectivity index (χ0) is 29.6. The average molecular weight is 572 g/mol. The minimum absolute atomic E-state index is 0.165. The Labute approximate surface area is 257 Å². The van der Waals surface area contributed by atoms with Crippen LogP contribution in [0.25, 0.3) is 11.1 Å². The fourth-order valence-electron chi connectivity index (χ4n) is 7.06. The molecule has 0 fully saturated rings. The van der Waals surface area contributed by atoms with Crippen molar-refractivity contribution in [3.8, 4) is 11.1 Å². The van der Waals surface area contributed by atoms with E-state index in [0.717, 1.165) is 38.1 Å². The van der Waals surface area contributed by atoms with Crippen LogP contribution in [0, 0.1) is 5.41 Å². The van der Waals surface area contributed by atoms with E-state index in [1.165, 1.54) is 47.2 Å². The van der Waals surface area contributed by atoms with Crippen LogP contribution in [0.4, 0.5) is 0 Å². The summed E-state index contributed by atoms with van der Waals surface area (Å²) in [5.41, 5.74) is 9.82. The molecule has 3 aromatic carbocycles. The summed E-state index contributed by atoms with van der Waals surface area (Å²) in [4.78, 5) is 4.52. The fraction of sp³-hybridized carbons (Fsp3) is 0.359. The highest BCUT2D eigenvalue weighted by Crippen LogP contribution is 2.43. The highest BCUT2D eigenvalue weighted by molar-refractivity contribution is 5.63. The highest BCUT2D eigenvalue weighted by atomic mass is 16.5. The maximum atomic E-state index is 5.45. The molecule has 4 heteroatoms. The third kappa shape index (κ3) is 6.70. The first-order valence-electron chi connectivity index (χ1n) is 16.0. The van der Waals surface area contributed by atoms with Crippen LogP contribution >= 0.6 is 0 Å². The highest BCUT2D eigenvalue weighted by Gasteiger charge is 2.30. The van der Waals surface area contributed by atoms with Crippen molar-refractivity contribution in [2.45, 2.75) is 77.4 Å². The van der Waals surface area contributed by atoms with Crippen LogP contribution in [0.3, 0.4) is 0 Å². The minimum Gasteiger partial charge on any atom is -0.497 e. The van der Waals surface area contributed by atoms with Gasteiger partial charge in [-0.05, 0) is 95.4 Å². The molecule has 0 amide bonds. The lowest BCUT2D eigenvalue weighted by Crippen LogP contribution is -2.27. The lowest BCUT2D eigenvalue weighted by molar-refractivity contribution is 0.285. The largest absolute Gasteiger partial charge is 0.497 e. The molecule has 3 unspecified atom stereocenters. The summed E-state index contributed by atoms with van der Waals surface area (Å²) >= 11 is 0. The molecule has 4 nitrogen and oxygen atoms in total. The molecule has 3 atom stereocenters. The van der Waals surface area contributed by atoms with Gasteiger partial charge in [0, 0.05) is 25.3 Å². The zero-order valence-corrected chi connectivity index (χ0v) is 25.9. The molecule has 1 heterocycles. The van der Waals surface area contributed by atoms with Crippen molar-refractivity contribution in [1.29, 1.82) is 0 Å². The van der Waals surface area contributed by atoms with Gasteiger partial charge >= 0.3 is 0 Å². The number of ether oxygens (including phenoxy) is 1. The predicted molar refractivity (Wildman–Crippen MR) is 177 cm³/mol. The van der Waals surface area contributed by atoms with Gasteiger partial charge in [0.2, 0.25) is 0 Å². The minimum atomic E-state index is 0.165. The van der Waals surface area contributed by atoms with Crippen molar-refractivity contribution in [1.82, 2.24) is 14.9 Å². The van der Waals surface area contributed by atoms with Crippen LogP contribution < -0.4 is 5.32 Å². The van der Waals surface area contributed by atoms with E-state index in [2.05, 4.69) is 120 Å². The van der Waals surface area contributed by atoms with E-state index in [4.69, 9.17) is 4.74 Å². The first-order chi connectivity index (χ1) is 21.0. The van der Waals surface area contributed by atoms with Crippen molar-refractivity contribution in [3.05, 3.63) is 137 Å². The Balaban J connectivity index is 1.13. The summed E-state index contributed by atoms with van der Waals surface area (Å²) in [6.45, 7) is 6.38. The summed E-state index contributed by atoms with van der Waals surface area (Å²) < 4.78 is 7.73. The number of imidazole rings is 1. The third-order valence-electron chi connectivity index (χ3n) is 9.59. The van der Waals surface area contributed by atoms with Gasteiger partial charge in [0.1, 0.15) is 5.76 Å². The van der Waals surface area contributed by atoms with Crippen LogP contribution in [0.2, 0.25) is 0 Å². The number of nitrogens with zero attached hydrogens (tertiary/aromatic N) is 2. The van der Waals surface area contributed by atoms with Gasteiger partial charge in [0.05, 0.1) is 19.1 Å². The maximum Gasteiger partial charge on any atom is 0.114 e. The van der Waals surface area contributed by atoms with Crippen LogP contribution in [-0.4, -0.2) is 16.7 Å². The van der Waals surface area contributed by atoms with Crippen LogP contribution in [0.5, 0.6) is 0 Å². The van der Waals surface area contributed by atoms with Crippen molar-refractivity contribution < 1.29 is 4.74 Å². The number of hydrogen-bond acceptors (Lipinski definition) is 3. The van der Waals surface area contributed by atoms with Gasteiger partial charge < -0.3 is 14.6 Å². The van der Waals surface area contributed by atoms with Gasteiger partial charge in [-0.25, -0.2) is 4.98 Å². The molecule has 222 valence electrons. The lowest BCUT2D eigenvalue weighted by atomic mass is 9.71. The quantitative estimate of drug-likeness (QED) is 0.195. The van der Waals surface area contributed by atoms with Crippen molar-refractivity contribution in [2.75, 3.05) is 7.11 Å². The first-order valence-corrected chi connectivity index (χ1v) is 16.0. The molecular formula is C39H45N3O. The zero-order valence-electron chi connectivity index (χ0n) is 25.9. The molecular weight excluding hydrogens is 526 g/mol.